The van der Waals surface area contributed by atoms with E-state index in [0.717, 1.165) is 5.56 Å². The van der Waals surface area contributed by atoms with Crippen LogP contribution in [0.4, 0.5) is 4.39 Å². The minimum absolute atomic E-state index is 0. The molecule has 0 bridgehead atoms. The van der Waals surface area contributed by atoms with E-state index in [4.69, 9.17) is 9.47 Å². The van der Waals surface area contributed by atoms with Gasteiger partial charge in [-0.05, 0) is 49.2 Å². The Morgan fingerprint density at radius 1 is 1.14 bits per heavy atom. The van der Waals surface area contributed by atoms with Gasteiger partial charge in [0.2, 0.25) is 0 Å². The van der Waals surface area contributed by atoms with E-state index in [0.29, 0.717) is 41.7 Å². The van der Waals surface area contributed by atoms with Crippen LogP contribution in [0.5, 0.6) is 11.5 Å². The number of halogens is 2. The molecule has 0 fully saturated rings. The average molecular weight is 517 g/mol. The van der Waals surface area contributed by atoms with Gasteiger partial charge in [0.15, 0.2) is 5.96 Å². The summed E-state index contributed by atoms with van der Waals surface area (Å²) in [6.45, 7) is 4.88. The Labute approximate surface area is 188 Å². The number of methoxy groups -OCH3 is 2. The zero-order valence-corrected chi connectivity index (χ0v) is 19.5. The van der Waals surface area contributed by atoms with Crippen LogP contribution in [0.2, 0.25) is 0 Å². The lowest BCUT2D eigenvalue weighted by Gasteiger charge is -2.18. The molecule has 0 radical (unpaired) electrons. The molecule has 2 aromatic rings. The number of aliphatic hydroxyl groups is 1. The van der Waals surface area contributed by atoms with Gasteiger partial charge in [-0.2, -0.15) is 0 Å². The standard InChI is InChI=1S/C21H28FN3O3.HI/c1-5-23-21(24-12-15-7-6-14(2)18(22)10-15)25-13-19(26)17-11-16(27-3)8-9-20(17)28-4;/h6-11,19,26H,5,12-13H2,1-4H3,(H2,23,24,25);1H. The predicted octanol–water partition coefficient (Wildman–Crippen LogP) is 3.56. The van der Waals surface area contributed by atoms with Crippen LogP contribution >= 0.6 is 24.0 Å². The van der Waals surface area contributed by atoms with Crippen molar-refractivity contribution >= 4 is 29.9 Å². The highest BCUT2D eigenvalue weighted by atomic mass is 127. The maximum absolute atomic E-state index is 13.7. The molecule has 0 saturated carbocycles. The highest BCUT2D eigenvalue weighted by molar-refractivity contribution is 14.0. The van der Waals surface area contributed by atoms with E-state index in [-0.39, 0.29) is 36.3 Å². The minimum Gasteiger partial charge on any atom is -0.497 e. The summed E-state index contributed by atoms with van der Waals surface area (Å²) in [5.74, 6) is 1.50. The molecule has 6 nitrogen and oxygen atoms in total. The first-order chi connectivity index (χ1) is 13.5. The molecule has 0 aromatic heterocycles. The number of hydrogen-bond donors (Lipinski definition) is 3. The fraction of sp³-hybridized carbons (Fsp3) is 0.381. The first-order valence-corrected chi connectivity index (χ1v) is 9.15. The zero-order chi connectivity index (χ0) is 20.5. The Morgan fingerprint density at radius 2 is 1.90 bits per heavy atom. The van der Waals surface area contributed by atoms with E-state index >= 15 is 0 Å². The summed E-state index contributed by atoms with van der Waals surface area (Å²) in [5.41, 5.74) is 1.99. The monoisotopic (exact) mass is 517 g/mol. The quantitative estimate of drug-likeness (QED) is 0.284. The van der Waals surface area contributed by atoms with Gasteiger partial charge in [-0.15, -0.1) is 24.0 Å². The third-order valence-electron chi connectivity index (χ3n) is 4.26. The third-order valence-corrected chi connectivity index (χ3v) is 4.26. The Hall–Kier alpha value is -2.07. The van der Waals surface area contributed by atoms with Crippen molar-refractivity contribution in [3.8, 4) is 11.5 Å². The third kappa shape index (κ3) is 7.36. The molecule has 160 valence electrons. The van der Waals surface area contributed by atoms with Crippen LogP contribution in [0, 0.1) is 12.7 Å². The Balaban J connectivity index is 0.00000420. The number of hydrogen-bond acceptors (Lipinski definition) is 4. The van der Waals surface area contributed by atoms with E-state index in [1.165, 1.54) is 6.07 Å². The summed E-state index contributed by atoms with van der Waals surface area (Å²) >= 11 is 0. The maximum Gasteiger partial charge on any atom is 0.191 e. The van der Waals surface area contributed by atoms with Crippen LogP contribution < -0.4 is 20.1 Å². The number of aliphatic imine (C=N–C) groups is 1. The van der Waals surface area contributed by atoms with Gasteiger partial charge in [-0.25, -0.2) is 9.38 Å². The Bertz CT molecular complexity index is 818. The second kappa shape index (κ2) is 12.5. The number of ether oxygens (including phenoxy) is 2. The molecule has 3 N–H and O–H groups in total. The summed E-state index contributed by atoms with van der Waals surface area (Å²) in [4.78, 5) is 4.46. The highest BCUT2D eigenvalue weighted by Gasteiger charge is 2.15. The smallest absolute Gasteiger partial charge is 0.191 e. The van der Waals surface area contributed by atoms with Crippen molar-refractivity contribution in [2.75, 3.05) is 27.3 Å². The van der Waals surface area contributed by atoms with Crippen LogP contribution in [0.1, 0.15) is 29.7 Å². The number of rotatable bonds is 8. The first-order valence-electron chi connectivity index (χ1n) is 9.15. The lowest BCUT2D eigenvalue weighted by molar-refractivity contribution is 0.176. The van der Waals surface area contributed by atoms with E-state index in [1.54, 1.807) is 45.4 Å². The molecule has 2 aromatic carbocycles. The second-order valence-corrected chi connectivity index (χ2v) is 6.28. The SMILES string of the molecule is CCNC(=NCc1ccc(C)c(F)c1)NCC(O)c1cc(OC)ccc1OC.I. The van der Waals surface area contributed by atoms with E-state index in [9.17, 15) is 9.50 Å². The molecule has 0 aliphatic rings. The topological polar surface area (TPSA) is 75.1 Å². The van der Waals surface area contributed by atoms with Gasteiger partial charge in [0.1, 0.15) is 17.3 Å². The molecule has 29 heavy (non-hydrogen) atoms. The first kappa shape index (κ1) is 25.0. The number of nitrogens with one attached hydrogen (secondary N) is 2. The molecule has 0 spiro atoms. The molecular formula is C21H29FIN3O3. The van der Waals surface area contributed by atoms with Crippen molar-refractivity contribution in [2.45, 2.75) is 26.5 Å². The highest BCUT2D eigenvalue weighted by Crippen LogP contribution is 2.29. The van der Waals surface area contributed by atoms with Crippen LogP contribution in [0.15, 0.2) is 41.4 Å². The minimum atomic E-state index is -0.828. The van der Waals surface area contributed by atoms with Gasteiger partial charge in [-0.3, -0.25) is 0 Å². The lowest BCUT2D eigenvalue weighted by Crippen LogP contribution is -2.39. The van der Waals surface area contributed by atoms with Crippen molar-refractivity contribution < 1.29 is 19.0 Å². The van der Waals surface area contributed by atoms with Crippen LogP contribution in [-0.4, -0.2) is 38.4 Å². The Kier molecular flexibility index (Phi) is 10.7. The van der Waals surface area contributed by atoms with E-state index < -0.39 is 6.10 Å². The van der Waals surface area contributed by atoms with Crippen molar-refractivity contribution in [2.24, 2.45) is 4.99 Å². The zero-order valence-electron chi connectivity index (χ0n) is 17.2. The molecule has 0 aliphatic heterocycles. The summed E-state index contributed by atoms with van der Waals surface area (Å²) in [5, 5.41) is 16.8. The van der Waals surface area contributed by atoms with E-state index in [2.05, 4.69) is 15.6 Å². The van der Waals surface area contributed by atoms with Crippen molar-refractivity contribution in [3.63, 3.8) is 0 Å². The second-order valence-electron chi connectivity index (χ2n) is 6.28. The number of guanidine groups is 1. The fourth-order valence-electron chi connectivity index (χ4n) is 2.65. The lowest BCUT2D eigenvalue weighted by atomic mass is 10.1. The Morgan fingerprint density at radius 3 is 2.52 bits per heavy atom. The molecule has 0 aliphatic carbocycles. The number of nitrogens with zero attached hydrogens (tertiary/aromatic N) is 1. The predicted molar refractivity (Wildman–Crippen MR) is 124 cm³/mol. The van der Waals surface area contributed by atoms with Gasteiger partial charge in [0, 0.05) is 18.7 Å². The van der Waals surface area contributed by atoms with Gasteiger partial charge in [-0.1, -0.05) is 12.1 Å². The van der Waals surface area contributed by atoms with Crippen molar-refractivity contribution in [3.05, 3.63) is 58.9 Å². The fourth-order valence-corrected chi connectivity index (χ4v) is 2.65. The molecule has 2 rings (SSSR count). The molecule has 0 saturated heterocycles. The summed E-state index contributed by atoms with van der Waals surface area (Å²) in [6, 6.07) is 10.3. The van der Waals surface area contributed by atoms with Gasteiger partial charge in [0.05, 0.1) is 26.9 Å². The summed E-state index contributed by atoms with van der Waals surface area (Å²) < 4.78 is 24.2. The number of aliphatic hydroxyl groups excluding tert-OH is 1. The molecule has 1 atom stereocenters. The van der Waals surface area contributed by atoms with Crippen molar-refractivity contribution in [1.29, 1.82) is 0 Å². The summed E-state index contributed by atoms with van der Waals surface area (Å²) in [7, 11) is 3.12. The summed E-state index contributed by atoms with van der Waals surface area (Å²) in [6.07, 6.45) is -0.828. The van der Waals surface area contributed by atoms with Gasteiger partial charge in [0.25, 0.3) is 0 Å². The van der Waals surface area contributed by atoms with Gasteiger partial charge < -0.3 is 25.2 Å². The van der Waals surface area contributed by atoms with Crippen LogP contribution in [0.3, 0.4) is 0 Å². The van der Waals surface area contributed by atoms with Crippen molar-refractivity contribution in [1.82, 2.24) is 10.6 Å². The number of aryl methyl sites for hydroxylation is 1. The molecule has 0 heterocycles. The van der Waals surface area contributed by atoms with E-state index in [1.807, 2.05) is 13.0 Å². The van der Waals surface area contributed by atoms with Gasteiger partial charge >= 0.3 is 0 Å². The maximum atomic E-state index is 13.7. The average Bonchev–Trinajstić information content (AvgIpc) is 2.71. The number of benzene rings is 2. The largest absolute Gasteiger partial charge is 0.497 e. The molecule has 1 unspecified atom stereocenters. The normalized spacial score (nSPS) is 12.0. The van der Waals surface area contributed by atoms with Crippen LogP contribution in [0.25, 0.3) is 0 Å². The van der Waals surface area contributed by atoms with Crippen LogP contribution in [-0.2, 0) is 6.54 Å². The molecular weight excluding hydrogens is 488 g/mol. The molecule has 0 amide bonds. The molecule has 8 heteroatoms.